The van der Waals surface area contributed by atoms with Crippen LogP contribution in [0.5, 0.6) is 0 Å². The zero-order chi connectivity index (χ0) is 19.2. The quantitative estimate of drug-likeness (QED) is 0.348. The second-order valence-corrected chi connectivity index (χ2v) is 9.24. The van der Waals surface area contributed by atoms with Gasteiger partial charge in [-0.15, -0.1) is 11.3 Å². The van der Waals surface area contributed by atoms with Gasteiger partial charge in [0, 0.05) is 13.1 Å². The Hall–Kier alpha value is -1.55. The molecule has 2 rings (SSSR count). The molecule has 1 atom stereocenters. The van der Waals surface area contributed by atoms with Gasteiger partial charge in [0.2, 0.25) is 10.0 Å². The molecule has 10 heteroatoms. The summed E-state index contributed by atoms with van der Waals surface area (Å²) < 4.78 is 33.0. The lowest BCUT2D eigenvalue weighted by Crippen LogP contribution is -2.39. The second kappa shape index (κ2) is 9.40. The van der Waals surface area contributed by atoms with Crippen molar-refractivity contribution < 1.29 is 12.8 Å². The van der Waals surface area contributed by atoms with Crippen molar-refractivity contribution in [3.8, 4) is 0 Å². The van der Waals surface area contributed by atoms with E-state index in [1.165, 1.54) is 6.07 Å². The lowest BCUT2D eigenvalue weighted by molar-refractivity contribution is 0.441. The van der Waals surface area contributed by atoms with E-state index in [9.17, 15) is 8.42 Å². The highest BCUT2D eigenvalue weighted by Gasteiger charge is 2.16. The minimum Gasteiger partial charge on any atom is -0.464 e. The van der Waals surface area contributed by atoms with Crippen LogP contribution in [0.4, 0.5) is 0 Å². The van der Waals surface area contributed by atoms with Gasteiger partial charge in [0.15, 0.2) is 5.96 Å². The van der Waals surface area contributed by atoms with Crippen LogP contribution in [-0.4, -0.2) is 34.0 Å². The summed E-state index contributed by atoms with van der Waals surface area (Å²) in [6, 6.07) is 6.80. The van der Waals surface area contributed by atoms with Crippen LogP contribution in [0.15, 0.2) is 37.9 Å². The van der Waals surface area contributed by atoms with E-state index >= 15 is 0 Å². The molecule has 144 valence electrons. The first kappa shape index (κ1) is 20.8. The minimum absolute atomic E-state index is 0.0635. The lowest BCUT2D eigenvalue weighted by atomic mass is 10.2. The Balaban J connectivity index is 1.90. The van der Waals surface area contributed by atoms with Crippen LogP contribution in [0, 0.1) is 6.92 Å². The molecule has 2 heterocycles. The van der Waals surface area contributed by atoms with E-state index in [0.717, 1.165) is 22.9 Å². The van der Waals surface area contributed by atoms with Crippen LogP contribution in [0.25, 0.3) is 0 Å². The van der Waals surface area contributed by atoms with Crippen LogP contribution in [0.1, 0.15) is 31.4 Å². The van der Waals surface area contributed by atoms with Gasteiger partial charge in [-0.2, -0.15) is 0 Å². The van der Waals surface area contributed by atoms with Crippen molar-refractivity contribution in [1.82, 2.24) is 15.4 Å². The van der Waals surface area contributed by atoms with Crippen molar-refractivity contribution in [3.05, 3.63) is 40.1 Å². The number of aryl methyl sites for hydroxylation is 1. The fraction of sp³-hybridized carbons (Fsp3) is 0.438. The summed E-state index contributed by atoms with van der Waals surface area (Å²) in [5, 5.41) is 6.36. The first-order chi connectivity index (χ1) is 12.3. The van der Waals surface area contributed by atoms with Crippen LogP contribution in [-0.2, 0) is 10.0 Å². The molecule has 2 aromatic heterocycles. The third-order valence-corrected chi connectivity index (χ3v) is 6.56. The number of aliphatic imine (C=N–C) groups is 1. The summed E-state index contributed by atoms with van der Waals surface area (Å²) in [6.45, 7) is 6.98. The van der Waals surface area contributed by atoms with Gasteiger partial charge < -0.3 is 15.1 Å². The van der Waals surface area contributed by atoms with Crippen molar-refractivity contribution in [2.45, 2.75) is 31.0 Å². The second-order valence-electron chi connectivity index (χ2n) is 5.53. The van der Waals surface area contributed by atoms with Crippen LogP contribution < -0.4 is 15.4 Å². The van der Waals surface area contributed by atoms with E-state index < -0.39 is 10.0 Å². The number of halogens is 1. The van der Waals surface area contributed by atoms with Gasteiger partial charge in [0.25, 0.3) is 0 Å². The molecular weight excluding hydrogens is 396 g/mol. The average Bonchev–Trinajstić information content (AvgIpc) is 3.20. The van der Waals surface area contributed by atoms with Crippen molar-refractivity contribution in [3.63, 3.8) is 0 Å². The normalized spacial score (nSPS) is 13.6. The highest BCUT2D eigenvalue weighted by Crippen LogP contribution is 2.25. The molecule has 0 aliphatic rings. The lowest BCUT2D eigenvalue weighted by Gasteiger charge is -2.16. The number of furan rings is 1. The topological polar surface area (TPSA) is 95.7 Å². The Morgan fingerprint density at radius 1 is 1.35 bits per heavy atom. The predicted octanol–water partition coefficient (Wildman–Crippen LogP) is 2.90. The molecule has 0 aliphatic heterocycles. The van der Waals surface area contributed by atoms with E-state index in [1.54, 1.807) is 6.07 Å². The SMILES string of the molecule is CCNC(=NCCNS(=O)(=O)c1ccc(Cl)s1)NC(C)c1ccc(C)o1. The predicted molar refractivity (Wildman–Crippen MR) is 105 cm³/mol. The number of nitrogens with zero attached hydrogens (tertiary/aromatic N) is 1. The van der Waals surface area contributed by atoms with Crippen LogP contribution in [0.3, 0.4) is 0 Å². The molecule has 0 aromatic carbocycles. The van der Waals surface area contributed by atoms with Gasteiger partial charge in [-0.25, -0.2) is 13.1 Å². The summed E-state index contributed by atoms with van der Waals surface area (Å²) in [4.78, 5) is 4.39. The first-order valence-electron chi connectivity index (χ1n) is 8.18. The van der Waals surface area contributed by atoms with Gasteiger partial charge in [-0.05, 0) is 45.0 Å². The summed E-state index contributed by atoms with van der Waals surface area (Å²) in [6.07, 6.45) is 0. The average molecular weight is 419 g/mol. The fourth-order valence-corrected chi connectivity index (χ4v) is 4.69. The monoisotopic (exact) mass is 418 g/mol. The number of guanidine groups is 1. The third kappa shape index (κ3) is 6.01. The highest BCUT2D eigenvalue weighted by molar-refractivity contribution is 7.91. The Labute approximate surface area is 162 Å². The fourth-order valence-electron chi connectivity index (χ4n) is 2.14. The Bertz CT molecular complexity index is 845. The standard InChI is InChI=1S/C16H23ClN4O3S2/c1-4-18-16(21-12(3)13-6-5-11(2)24-13)19-9-10-20-26(22,23)15-8-7-14(17)25-15/h5-8,12,20H,4,9-10H2,1-3H3,(H2,18,19,21). The Morgan fingerprint density at radius 3 is 2.69 bits per heavy atom. The molecule has 0 fully saturated rings. The summed E-state index contributed by atoms with van der Waals surface area (Å²) >= 11 is 6.80. The number of sulfonamides is 1. The van der Waals surface area contributed by atoms with Crippen molar-refractivity contribution in [2.75, 3.05) is 19.6 Å². The molecule has 0 spiro atoms. The smallest absolute Gasteiger partial charge is 0.250 e. The van der Waals surface area contributed by atoms with E-state index in [4.69, 9.17) is 16.0 Å². The van der Waals surface area contributed by atoms with Gasteiger partial charge in [0.1, 0.15) is 15.7 Å². The Kier molecular flexibility index (Phi) is 7.51. The molecule has 7 nitrogen and oxygen atoms in total. The van der Waals surface area contributed by atoms with Gasteiger partial charge >= 0.3 is 0 Å². The number of hydrogen-bond donors (Lipinski definition) is 3. The summed E-state index contributed by atoms with van der Waals surface area (Å²) in [5.41, 5.74) is 0. The largest absolute Gasteiger partial charge is 0.464 e. The maximum absolute atomic E-state index is 12.1. The number of rotatable bonds is 8. The van der Waals surface area contributed by atoms with E-state index in [-0.39, 0.29) is 23.3 Å². The van der Waals surface area contributed by atoms with Gasteiger partial charge in [-0.1, -0.05) is 11.6 Å². The molecule has 0 saturated heterocycles. The summed E-state index contributed by atoms with van der Waals surface area (Å²) in [7, 11) is -3.55. The third-order valence-electron chi connectivity index (χ3n) is 3.37. The molecule has 2 aromatic rings. The van der Waals surface area contributed by atoms with E-state index in [2.05, 4.69) is 20.3 Å². The van der Waals surface area contributed by atoms with Crippen molar-refractivity contribution in [1.29, 1.82) is 0 Å². The zero-order valence-electron chi connectivity index (χ0n) is 14.9. The maximum Gasteiger partial charge on any atom is 0.250 e. The highest BCUT2D eigenvalue weighted by atomic mass is 35.5. The van der Waals surface area contributed by atoms with Gasteiger partial charge in [0.05, 0.1) is 16.9 Å². The maximum atomic E-state index is 12.1. The molecule has 0 amide bonds. The van der Waals surface area contributed by atoms with Crippen LogP contribution in [0.2, 0.25) is 4.34 Å². The molecule has 0 radical (unpaired) electrons. The molecule has 26 heavy (non-hydrogen) atoms. The molecule has 0 aliphatic carbocycles. The van der Waals surface area contributed by atoms with Gasteiger partial charge in [-0.3, -0.25) is 4.99 Å². The molecule has 3 N–H and O–H groups in total. The number of thiophene rings is 1. The molecular formula is C16H23ClN4O3S2. The minimum atomic E-state index is -3.55. The zero-order valence-corrected chi connectivity index (χ0v) is 17.3. The number of nitrogens with one attached hydrogen (secondary N) is 3. The van der Waals surface area contributed by atoms with Crippen molar-refractivity contribution in [2.24, 2.45) is 4.99 Å². The molecule has 1 unspecified atom stereocenters. The van der Waals surface area contributed by atoms with Crippen molar-refractivity contribution >= 4 is 38.9 Å². The van der Waals surface area contributed by atoms with E-state index in [1.807, 2.05) is 32.9 Å². The van der Waals surface area contributed by atoms with E-state index in [0.29, 0.717) is 16.8 Å². The van der Waals surface area contributed by atoms with Crippen LogP contribution >= 0.6 is 22.9 Å². The number of hydrogen-bond acceptors (Lipinski definition) is 5. The summed E-state index contributed by atoms with van der Waals surface area (Å²) in [5.74, 6) is 2.24. The first-order valence-corrected chi connectivity index (χ1v) is 10.9. The Morgan fingerprint density at radius 2 is 2.12 bits per heavy atom. The molecule has 0 saturated carbocycles. The molecule has 0 bridgehead atoms.